The van der Waals surface area contributed by atoms with Gasteiger partial charge >= 0.3 is 5.97 Å². The van der Waals surface area contributed by atoms with Crippen molar-refractivity contribution in [2.24, 2.45) is 0 Å². The first-order valence-corrected chi connectivity index (χ1v) is 8.46. The van der Waals surface area contributed by atoms with Crippen LogP contribution in [0.25, 0.3) is 0 Å². The highest BCUT2D eigenvalue weighted by Crippen LogP contribution is 2.36. The number of ether oxygens (including phenoxy) is 3. The molecule has 0 unspecified atom stereocenters. The molecule has 0 N–H and O–H groups in total. The van der Waals surface area contributed by atoms with Crippen molar-refractivity contribution in [2.75, 3.05) is 14.2 Å². The molecule has 140 valence electrons. The number of halogens is 1. The summed E-state index contributed by atoms with van der Waals surface area (Å²) in [5.74, 6) is -0.261. The third-order valence-electron chi connectivity index (χ3n) is 3.67. The number of rotatable bonds is 7. The van der Waals surface area contributed by atoms with Gasteiger partial charge in [-0.15, -0.1) is 0 Å². The highest BCUT2D eigenvalue weighted by atomic mass is 35.5. The lowest BCUT2D eigenvalue weighted by Crippen LogP contribution is -2.47. The predicted molar refractivity (Wildman–Crippen MR) is 96.6 cm³/mol. The van der Waals surface area contributed by atoms with Gasteiger partial charge in [-0.3, -0.25) is 4.79 Å². The van der Waals surface area contributed by atoms with Gasteiger partial charge in [0, 0.05) is 12.1 Å². The quantitative estimate of drug-likeness (QED) is 0.686. The number of methoxy groups -OCH3 is 2. The highest BCUT2D eigenvalue weighted by molar-refractivity contribution is 6.32. The minimum Gasteiger partial charge on any atom is -0.493 e. The van der Waals surface area contributed by atoms with Gasteiger partial charge < -0.3 is 19.1 Å². The van der Waals surface area contributed by atoms with Gasteiger partial charge in [0.15, 0.2) is 17.6 Å². The summed E-state index contributed by atoms with van der Waals surface area (Å²) in [6.07, 6.45) is -0.913. The van der Waals surface area contributed by atoms with E-state index in [0.29, 0.717) is 11.5 Å². The van der Waals surface area contributed by atoms with E-state index in [1.54, 1.807) is 11.8 Å². The van der Waals surface area contributed by atoms with Gasteiger partial charge in [-0.05, 0) is 46.8 Å². The van der Waals surface area contributed by atoms with E-state index in [2.05, 4.69) is 0 Å². The first-order chi connectivity index (χ1) is 11.6. The molecule has 25 heavy (non-hydrogen) atoms. The van der Waals surface area contributed by atoms with Gasteiger partial charge in [0.1, 0.15) is 0 Å². The Hall–Kier alpha value is -1.95. The molecule has 1 atom stereocenters. The van der Waals surface area contributed by atoms with Crippen LogP contribution in [-0.2, 0) is 9.53 Å². The van der Waals surface area contributed by atoms with Crippen molar-refractivity contribution in [1.29, 1.82) is 0 Å². The van der Waals surface area contributed by atoms with E-state index in [9.17, 15) is 9.59 Å². The Balaban J connectivity index is 2.99. The smallest absolute Gasteiger partial charge is 0.339 e. The monoisotopic (exact) mass is 371 g/mol. The number of hydrogen-bond acceptors (Lipinski definition) is 5. The summed E-state index contributed by atoms with van der Waals surface area (Å²) in [4.78, 5) is 26.6. The van der Waals surface area contributed by atoms with Gasteiger partial charge in [-0.1, -0.05) is 11.6 Å². The third kappa shape index (κ3) is 5.01. The molecule has 0 spiro atoms. The standard InChI is InChI=1S/C18H26ClNO5/c1-10(2)20(11(3)4)17(21)12(5)25-18(22)13-8-14(19)16(24-7)15(9-13)23-6/h8-12H,1-7H3/t12-/m1/s1. The Bertz CT molecular complexity index is 622. The maximum absolute atomic E-state index is 12.6. The topological polar surface area (TPSA) is 65.1 Å². The summed E-state index contributed by atoms with van der Waals surface area (Å²) in [6, 6.07) is 2.89. The molecule has 0 aliphatic heterocycles. The number of benzene rings is 1. The lowest BCUT2D eigenvalue weighted by atomic mass is 10.2. The van der Waals surface area contributed by atoms with Gasteiger partial charge in [0.2, 0.25) is 0 Å². The Kier molecular flexibility index (Phi) is 7.55. The molecule has 1 rings (SSSR count). The zero-order chi connectivity index (χ0) is 19.3. The van der Waals surface area contributed by atoms with Crippen LogP contribution < -0.4 is 9.47 Å². The molecular weight excluding hydrogens is 346 g/mol. The van der Waals surface area contributed by atoms with Gasteiger partial charge in [-0.2, -0.15) is 0 Å². The van der Waals surface area contributed by atoms with Crippen molar-refractivity contribution in [3.63, 3.8) is 0 Å². The van der Waals surface area contributed by atoms with E-state index in [0.717, 1.165) is 0 Å². The van der Waals surface area contributed by atoms with E-state index in [1.165, 1.54) is 26.4 Å². The normalized spacial score (nSPS) is 12.1. The minimum atomic E-state index is -0.913. The van der Waals surface area contributed by atoms with E-state index >= 15 is 0 Å². The molecule has 0 heterocycles. The van der Waals surface area contributed by atoms with Crippen LogP contribution >= 0.6 is 11.6 Å². The molecule has 1 amide bonds. The number of nitrogens with zero attached hydrogens (tertiary/aromatic N) is 1. The van der Waals surface area contributed by atoms with Crippen LogP contribution in [0.3, 0.4) is 0 Å². The predicted octanol–water partition coefficient (Wildman–Crippen LogP) is 3.55. The average molecular weight is 372 g/mol. The third-order valence-corrected chi connectivity index (χ3v) is 3.95. The first-order valence-electron chi connectivity index (χ1n) is 8.08. The number of carbonyl (C=O) groups is 2. The van der Waals surface area contributed by atoms with Crippen LogP contribution in [0.15, 0.2) is 12.1 Å². The van der Waals surface area contributed by atoms with Crippen molar-refractivity contribution in [1.82, 2.24) is 4.90 Å². The van der Waals surface area contributed by atoms with Crippen molar-refractivity contribution >= 4 is 23.5 Å². The Morgan fingerprint density at radius 3 is 2.00 bits per heavy atom. The SMILES string of the molecule is COc1cc(C(=O)O[C@H](C)C(=O)N(C(C)C)C(C)C)cc(Cl)c1OC. The van der Waals surface area contributed by atoms with E-state index in [1.807, 2.05) is 27.7 Å². The lowest BCUT2D eigenvalue weighted by molar-refractivity contribution is -0.143. The van der Waals surface area contributed by atoms with Crippen LogP contribution in [0.1, 0.15) is 45.0 Å². The molecule has 0 aromatic heterocycles. The second-order valence-electron chi connectivity index (χ2n) is 6.17. The summed E-state index contributed by atoms with van der Waals surface area (Å²) in [5.41, 5.74) is 0.183. The van der Waals surface area contributed by atoms with E-state index in [-0.39, 0.29) is 28.6 Å². The van der Waals surface area contributed by atoms with Crippen molar-refractivity contribution in [3.8, 4) is 11.5 Å². The Labute approximate surface area is 154 Å². The summed E-state index contributed by atoms with van der Waals surface area (Å²) in [7, 11) is 2.90. The summed E-state index contributed by atoms with van der Waals surface area (Å²) >= 11 is 6.10. The zero-order valence-corrected chi connectivity index (χ0v) is 16.5. The van der Waals surface area contributed by atoms with Crippen molar-refractivity contribution in [3.05, 3.63) is 22.7 Å². The van der Waals surface area contributed by atoms with Crippen molar-refractivity contribution < 1.29 is 23.8 Å². The summed E-state index contributed by atoms with van der Waals surface area (Å²) in [6.45, 7) is 9.22. The molecule has 0 fully saturated rings. The highest BCUT2D eigenvalue weighted by Gasteiger charge is 2.28. The second-order valence-corrected chi connectivity index (χ2v) is 6.58. The fraction of sp³-hybridized carbons (Fsp3) is 0.556. The molecule has 0 saturated carbocycles. The maximum Gasteiger partial charge on any atom is 0.339 e. The maximum atomic E-state index is 12.6. The first kappa shape index (κ1) is 21.1. The number of esters is 1. The fourth-order valence-corrected chi connectivity index (χ4v) is 2.92. The van der Waals surface area contributed by atoms with E-state index in [4.69, 9.17) is 25.8 Å². The van der Waals surface area contributed by atoms with Crippen LogP contribution in [0.5, 0.6) is 11.5 Å². The van der Waals surface area contributed by atoms with Crippen LogP contribution in [0.2, 0.25) is 5.02 Å². The molecule has 1 aromatic carbocycles. The molecule has 0 bridgehead atoms. The van der Waals surface area contributed by atoms with Crippen LogP contribution in [0.4, 0.5) is 0 Å². The molecule has 0 saturated heterocycles. The zero-order valence-electron chi connectivity index (χ0n) is 15.8. The number of hydrogen-bond donors (Lipinski definition) is 0. The van der Waals surface area contributed by atoms with E-state index < -0.39 is 12.1 Å². The molecule has 0 aliphatic rings. The van der Waals surface area contributed by atoms with Crippen LogP contribution in [0, 0.1) is 0 Å². The second kappa shape index (κ2) is 8.94. The summed E-state index contributed by atoms with van der Waals surface area (Å²) in [5, 5.41) is 0.221. The molecule has 1 aromatic rings. The average Bonchev–Trinajstić information content (AvgIpc) is 2.52. The molecule has 6 nitrogen and oxygen atoms in total. The fourth-order valence-electron chi connectivity index (χ4n) is 2.63. The van der Waals surface area contributed by atoms with Gasteiger partial charge in [0.25, 0.3) is 5.91 Å². The molecular formula is C18H26ClNO5. The largest absolute Gasteiger partial charge is 0.493 e. The number of amides is 1. The molecule has 0 radical (unpaired) electrons. The Morgan fingerprint density at radius 1 is 1.00 bits per heavy atom. The summed E-state index contributed by atoms with van der Waals surface area (Å²) < 4.78 is 15.6. The molecule has 0 aliphatic carbocycles. The number of carbonyl (C=O) groups excluding carboxylic acids is 2. The van der Waals surface area contributed by atoms with Gasteiger partial charge in [-0.25, -0.2) is 4.79 Å². The van der Waals surface area contributed by atoms with Crippen LogP contribution in [-0.4, -0.2) is 49.2 Å². The van der Waals surface area contributed by atoms with Crippen molar-refractivity contribution in [2.45, 2.75) is 52.8 Å². The lowest BCUT2D eigenvalue weighted by Gasteiger charge is -2.32. The minimum absolute atomic E-state index is 0.00387. The Morgan fingerprint density at radius 2 is 1.56 bits per heavy atom. The van der Waals surface area contributed by atoms with Gasteiger partial charge in [0.05, 0.1) is 24.8 Å². The molecule has 7 heteroatoms.